The first-order valence-electron chi connectivity index (χ1n) is 11.0. The lowest BCUT2D eigenvalue weighted by Gasteiger charge is -2.13. The first-order valence-corrected chi connectivity index (χ1v) is 11.0. The third-order valence-electron chi connectivity index (χ3n) is 5.51. The van der Waals surface area contributed by atoms with Crippen LogP contribution in [0.4, 0.5) is 16.2 Å². The summed E-state index contributed by atoms with van der Waals surface area (Å²) in [6.07, 6.45) is 2.05. The van der Waals surface area contributed by atoms with E-state index in [4.69, 9.17) is 9.15 Å². The molecule has 2 aromatic carbocycles. The number of nitro benzene ring substituents is 1. The highest BCUT2D eigenvalue weighted by atomic mass is 16.6. The zero-order chi connectivity index (χ0) is 25.8. The van der Waals surface area contributed by atoms with Gasteiger partial charge in [-0.2, -0.15) is 0 Å². The lowest BCUT2D eigenvalue weighted by molar-refractivity contribution is -0.384. The fraction of sp³-hybridized carbons (Fsp3) is 0.160. The van der Waals surface area contributed by atoms with Gasteiger partial charge < -0.3 is 19.8 Å². The summed E-state index contributed by atoms with van der Waals surface area (Å²) in [6, 6.07) is 13.8. The Labute approximate surface area is 205 Å². The molecule has 4 amide bonds. The highest BCUT2D eigenvalue weighted by molar-refractivity contribution is 6.15. The number of methoxy groups -OCH3 is 1. The fourth-order valence-corrected chi connectivity index (χ4v) is 3.71. The number of nitro groups is 1. The van der Waals surface area contributed by atoms with E-state index in [1.54, 1.807) is 24.3 Å². The average molecular weight is 490 g/mol. The molecule has 184 valence electrons. The maximum absolute atomic E-state index is 12.8. The molecule has 36 heavy (non-hydrogen) atoms. The minimum absolute atomic E-state index is 0.0571. The van der Waals surface area contributed by atoms with Crippen LogP contribution in [-0.4, -0.2) is 41.3 Å². The number of carbonyl (C=O) groups is 3. The van der Waals surface area contributed by atoms with Gasteiger partial charge in [-0.05, 0) is 36.2 Å². The molecule has 0 spiro atoms. The normalized spacial score (nSPS) is 14.2. The monoisotopic (exact) mass is 490 g/mol. The topological polar surface area (TPSA) is 144 Å². The van der Waals surface area contributed by atoms with Gasteiger partial charge in [0.25, 0.3) is 11.6 Å². The lowest BCUT2D eigenvalue weighted by atomic mass is 10.1. The van der Waals surface area contributed by atoms with Crippen LogP contribution in [0.25, 0.3) is 17.4 Å². The number of amides is 4. The molecule has 0 aliphatic carbocycles. The van der Waals surface area contributed by atoms with Crippen LogP contribution in [0.15, 0.2) is 64.7 Å². The highest BCUT2D eigenvalue weighted by Crippen LogP contribution is 2.34. The summed E-state index contributed by atoms with van der Waals surface area (Å²) in [7, 11) is 1.38. The molecule has 0 atom stereocenters. The third kappa shape index (κ3) is 4.94. The lowest BCUT2D eigenvalue weighted by Crippen LogP contribution is -2.38. The van der Waals surface area contributed by atoms with Gasteiger partial charge in [-0.25, -0.2) is 9.69 Å². The molecule has 2 heterocycles. The minimum Gasteiger partial charge on any atom is -0.496 e. The third-order valence-corrected chi connectivity index (χ3v) is 5.51. The molecule has 1 aromatic heterocycles. The van der Waals surface area contributed by atoms with Gasteiger partial charge in [0.2, 0.25) is 5.91 Å². The van der Waals surface area contributed by atoms with Crippen LogP contribution < -0.4 is 15.4 Å². The number of nitrogens with one attached hydrogen (secondary N) is 2. The first kappa shape index (κ1) is 24.2. The van der Waals surface area contributed by atoms with Crippen molar-refractivity contribution >= 4 is 35.3 Å². The number of rotatable bonds is 8. The van der Waals surface area contributed by atoms with Gasteiger partial charge in [-0.1, -0.05) is 25.1 Å². The average Bonchev–Trinajstić information content (AvgIpc) is 3.44. The number of imide groups is 1. The predicted octanol–water partition coefficient (Wildman–Crippen LogP) is 3.96. The maximum Gasteiger partial charge on any atom is 0.329 e. The van der Waals surface area contributed by atoms with Gasteiger partial charge in [-0.3, -0.25) is 19.7 Å². The predicted molar refractivity (Wildman–Crippen MR) is 130 cm³/mol. The van der Waals surface area contributed by atoms with Gasteiger partial charge in [0.05, 0.1) is 23.7 Å². The summed E-state index contributed by atoms with van der Waals surface area (Å²) >= 11 is 0. The summed E-state index contributed by atoms with van der Waals surface area (Å²) in [4.78, 5) is 48.9. The van der Waals surface area contributed by atoms with Gasteiger partial charge in [0.15, 0.2) is 0 Å². The second-order valence-corrected chi connectivity index (χ2v) is 7.78. The molecule has 1 saturated heterocycles. The zero-order valence-electron chi connectivity index (χ0n) is 19.4. The summed E-state index contributed by atoms with van der Waals surface area (Å²) in [6.45, 7) is 1.50. The molecule has 0 saturated carbocycles. The Morgan fingerprint density at radius 3 is 2.69 bits per heavy atom. The molecule has 4 rings (SSSR count). The maximum atomic E-state index is 12.8. The largest absolute Gasteiger partial charge is 0.496 e. The fourth-order valence-electron chi connectivity index (χ4n) is 3.71. The number of hydrogen-bond donors (Lipinski definition) is 2. The van der Waals surface area contributed by atoms with Crippen molar-refractivity contribution in [3.8, 4) is 17.1 Å². The molecule has 1 aliphatic rings. The molecule has 2 N–H and O–H groups in total. The molecule has 11 nitrogen and oxygen atoms in total. The summed E-state index contributed by atoms with van der Waals surface area (Å²) < 4.78 is 11.0. The van der Waals surface area contributed by atoms with E-state index < -0.39 is 29.3 Å². The number of carbonyl (C=O) groups excluding carboxylic acids is 3. The van der Waals surface area contributed by atoms with Crippen molar-refractivity contribution in [3.63, 3.8) is 0 Å². The zero-order valence-corrected chi connectivity index (χ0v) is 19.4. The van der Waals surface area contributed by atoms with Crippen molar-refractivity contribution in [2.75, 3.05) is 19.0 Å². The van der Waals surface area contributed by atoms with E-state index in [9.17, 15) is 24.5 Å². The number of furan rings is 1. The van der Waals surface area contributed by atoms with E-state index in [-0.39, 0.29) is 22.9 Å². The number of nitrogens with zero attached hydrogens (tertiary/aromatic N) is 2. The Morgan fingerprint density at radius 2 is 1.97 bits per heavy atom. The molecular weight excluding hydrogens is 468 g/mol. The van der Waals surface area contributed by atoms with E-state index in [1.807, 2.05) is 19.1 Å². The van der Waals surface area contributed by atoms with Crippen molar-refractivity contribution < 1.29 is 28.5 Å². The quantitative estimate of drug-likeness (QED) is 0.210. The van der Waals surface area contributed by atoms with E-state index in [1.165, 1.54) is 31.4 Å². The number of anilines is 1. The van der Waals surface area contributed by atoms with Crippen molar-refractivity contribution in [1.29, 1.82) is 0 Å². The smallest absolute Gasteiger partial charge is 0.329 e. The van der Waals surface area contributed by atoms with Gasteiger partial charge >= 0.3 is 6.03 Å². The number of benzene rings is 2. The Balaban J connectivity index is 1.49. The van der Waals surface area contributed by atoms with Crippen molar-refractivity contribution in [2.24, 2.45) is 0 Å². The van der Waals surface area contributed by atoms with Crippen LogP contribution in [0.2, 0.25) is 0 Å². The molecule has 3 aromatic rings. The summed E-state index contributed by atoms with van der Waals surface area (Å²) in [5.41, 5.74) is 1.84. The van der Waals surface area contributed by atoms with E-state index in [0.717, 1.165) is 10.5 Å². The number of ether oxygens (including phenoxy) is 1. The molecular formula is C25H22N4O7. The van der Waals surface area contributed by atoms with E-state index in [0.29, 0.717) is 23.4 Å². The summed E-state index contributed by atoms with van der Waals surface area (Å²) in [5.74, 6) is -0.353. The molecule has 11 heteroatoms. The van der Waals surface area contributed by atoms with E-state index >= 15 is 0 Å². The van der Waals surface area contributed by atoms with E-state index in [2.05, 4.69) is 10.6 Å². The molecule has 0 radical (unpaired) electrons. The number of urea groups is 1. The number of non-ortho nitro benzene ring substituents is 1. The Hall–Kier alpha value is -4.93. The van der Waals surface area contributed by atoms with Crippen LogP contribution in [0, 0.1) is 10.1 Å². The van der Waals surface area contributed by atoms with Crippen LogP contribution in [0.1, 0.15) is 18.2 Å². The van der Waals surface area contributed by atoms with Gasteiger partial charge in [0.1, 0.15) is 29.5 Å². The summed E-state index contributed by atoms with van der Waals surface area (Å²) in [5, 5.41) is 16.2. The van der Waals surface area contributed by atoms with Crippen LogP contribution >= 0.6 is 0 Å². The van der Waals surface area contributed by atoms with Crippen molar-refractivity contribution in [3.05, 3.63) is 81.7 Å². The van der Waals surface area contributed by atoms with Gasteiger partial charge in [-0.15, -0.1) is 0 Å². The Bertz CT molecular complexity index is 1390. The van der Waals surface area contributed by atoms with Gasteiger partial charge in [0, 0.05) is 17.8 Å². The first-order chi connectivity index (χ1) is 17.3. The number of para-hydroxylation sites is 1. The second-order valence-electron chi connectivity index (χ2n) is 7.78. The SMILES string of the molecule is CCc1ccccc1NC(=O)CN1C(=O)N/C(=C/c2ccc(-c3ccc([N+](=O)[O-])cc3OC)o2)C1=O. The van der Waals surface area contributed by atoms with Crippen LogP contribution in [0.3, 0.4) is 0 Å². The Morgan fingerprint density at radius 1 is 1.19 bits per heavy atom. The van der Waals surface area contributed by atoms with Crippen molar-refractivity contribution in [2.45, 2.75) is 13.3 Å². The standard InChI is InChI=1S/C25H22N4O7/c1-3-15-6-4-5-7-19(15)26-23(30)14-28-24(31)20(27-25(28)32)13-17-9-11-21(36-17)18-10-8-16(29(33)34)12-22(18)35-2/h4-13H,3,14H2,1-2H3,(H,26,30)(H,27,32)/b20-13+. The minimum atomic E-state index is -0.728. The Kier molecular flexibility index (Phi) is 6.81. The molecule has 1 fully saturated rings. The van der Waals surface area contributed by atoms with Crippen LogP contribution in [-0.2, 0) is 16.0 Å². The molecule has 0 unspecified atom stereocenters. The molecule has 1 aliphatic heterocycles. The second kappa shape index (κ2) is 10.1. The number of hydrogen-bond acceptors (Lipinski definition) is 7. The highest BCUT2D eigenvalue weighted by Gasteiger charge is 2.35. The van der Waals surface area contributed by atoms with Crippen LogP contribution in [0.5, 0.6) is 5.75 Å². The molecule has 0 bridgehead atoms. The number of aryl methyl sites for hydroxylation is 1. The van der Waals surface area contributed by atoms with Crippen molar-refractivity contribution in [1.82, 2.24) is 10.2 Å².